The first-order valence-corrected chi connectivity index (χ1v) is 4.14. The summed E-state index contributed by atoms with van der Waals surface area (Å²) in [5.41, 5.74) is 0. The molecule has 0 rings (SSSR count). The van der Waals surface area contributed by atoms with Gasteiger partial charge in [0.05, 0.1) is 6.04 Å². The Morgan fingerprint density at radius 1 is 1.60 bits per heavy atom. The van der Waals surface area contributed by atoms with Crippen LogP contribution in [0.3, 0.4) is 0 Å². The summed E-state index contributed by atoms with van der Waals surface area (Å²) in [4.78, 5) is 10.5. The Morgan fingerprint density at radius 3 is 2.00 bits per heavy atom. The minimum Gasteiger partial charge on any atom is -0.310 e. The predicted octanol–water partition coefficient (Wildman–Crippen LogP) is 1.12. The molecule has 0 amide bonds. The summed E-state index contributed by atoms with van der Waals surface area (Å²) in [7, 11) is 1.75. The quantitative estimate of drug-likeness (QED) is 0.610. The van der Waals surface area contributed by atoms with E-state index >= 15 is 0 Å². The summed E-state index contributed by atoms with van der Waals surface area (Å²) in [6.07, 6.45) is 0. The molecule has 0 saturated carbocycles. The maximum Gasteiger partial charge on any atom is 0.147 e. The van der Waals surface area contributed by atoms with Gasteiger partial charge in [-0.2, -0.15) is 12.6 Å². The van der Waals surface area contributed by atoms with Gasteiger partial charge in [0.25, 0.3) is 0 Å². The predicted molar refractivity (Wildman–Crippen MR) is 48.7 cm³/mol. The zero-order valence-electron chi connectivity index (χ0n) is 7.14. The summed E-state index contributed by atoms with van der Waals surface area (Å²) in [6.45, 7) is 5.55. The first-order valence-electron chi connectivity index (χ1n) is 3.51. The summed E-state index contributed by atoms with van der Waals surface area (Å²) < 4.78 is 0. The Balaban J connectivity index is 0. The first-order chi connectivity index (χ1) is 4.72. The van der Waals surface area contributed by atoms with Crippen LogP contribution in [0.5, 0.6) is 0 Å². The fourth-order valence-electron chi connectivity index (χ4n) is 0.423. The van der Waals surface area contributed by atoms with Crippen LogP contribution in [0.15, 0.2) is 0 Å². The van der Waals surface area contributed by atoms with Gasteiger partial charge in [0.15, 0.2) is 0 Å². The molecule has 62 valence electrons. The molecule has 0 fully saturated rings. The Morgan fingerprint density at radius 2 is 2.00 bits per heavy atom. The average molecular weight is 163 g/mol. The zero-order chi connectivity index (χ0) is 8.57. The number of carbonyl (C=O) groups excluding carboxylic acids is 1. The number of hydrogen-bond donors (Lipinski definition) is 2. The van der Waals surface area contributed by atoms with E-state index in [0.717, 1.165) is 0 Å². The van der Waals surface area contributed by atoms with E-state index in [9.17, 15) is 4.79 Å². The standard InChI is InChI=1S/C5H11NOS.C2H6/c1-4(7)5(3-8)6-2;1-2/h5-6,8H,3H2,1-2H3;1-2H3. The number of thiol groups is 1. The number of carbonyl (C=O) groups is 1. The summed E-state index contributed by atoms with van der Waals surface area (Å²) >= 11 is 3.95. The van der Waals surface area contributed by atoms with Crippen LogP contribution in [0.25, 0.3) is 0 Å². The number of ketones is 1. The molecule has 1 N–H and O–H groups in total. The lowest BCUT2D eigenvalue weighted by Gasteiger charge is -2.06. The number of nitrogens with one attached hydrogen (secondary N) is 1. The van der Waals surface area contributed by atoms with E-state index in [1.165, 1.54) is 0 Å². The van der Waals surface area contributed by atoms with Crippen molar-refractivity contribution in [1.82, 2.24) is 5.32 Å². The third-order valence-corrected chi connectivity index (χ3v) is 1.39. The molecule has 0 aliphatic rings. The van der Waals surface area contributed by atoms with Crippen LogP contribution in [0.1, 0.15) is 20.8 Å². The van der Waals surface area contributed by atoms with Gasteiger partial charge in [0.1, 0.15) is 5.78 Å². The molecule has 1 atom stereocenters. The van der Waals surface area contributed by atoms with Crippen LogP contribution in [-0.4, -0.2) is 24.6 Å². The van der Waals surface area contributed by atoms with E-state index in [-0.39, 0.29) is 11.8 Å². The summed E-state index contributed by atoms with van der Waals surface area (Å²) in [5, 5.41) is 2.83. The highest BCUT2D eigenvalue weighted by Crippen LogP contribution is 1.86. The second-order valence-electron chi connectivity index (χ2n) is 1.63. The maximum absolute atomic E-state index is 10.5. The molecule has 0 heterocycles. The molecule has 0 aromatic rings. The molecule has 0 radical (unpaired) electrons. The van der Waals surface area contributed by atoms with Crippen molar-refractivity contribution in [2.24, 2.45) is 0 Å². The summed E-state index contributed by atoms with van der Waals surface area (Å²) in [6, 6.07) is -0.0710. The van der Waals surface area contributed by atoms with E-state index in [4.69, 9.17) is 0 Å². The Kier molecular flexibility index (Phi) is 11.3. The molecule has 0 aliphatic carbocycles. The number of likely N-dealkylation sites (N-methyl/N-ethyl adjacent to an activating group) is 1. The molecule has 1 unspecified atom stereocenters. The van der Waals surface area contributed by atoms with Gasteiger partial charge < -0.3 is 5.32 Å². The van der Waals surface area contributed by atoms with Gasteiger partial charge in [0.2, 0.25) is 0 Å². The maximum atomic E-state index is 10.5. The molecule has 3 heteroatoms. The Labute approximate surface area is 68.8 Å². The largest absolute Gasteiger partial charge is 0.310 e. The number of rotatable bonds is 3. The first kappa shape index (κ1) is 12.6. The van der Waals surface area contributed by atoms with Crippen LogP contribution in [-0.2, 0) is 4.79 Å². The number of hydrogen-bond acceptors (Lipinski definition) is 3. The van der Waals surface area contributed by atoms with Crippen molar-refractivity contribution in [3.8, 4) is 0 Å². The molecular formula is C7H17NOS. The van der Waals surface area contributed by atoms with Crippen molar-refractivity contribution in [3.63, 3.8) is 0 Å². The SMILES string of the molecule is CC.CNC(CS)C(C)=O. The minimum atomic E-state index is -0.0710. The van der Waals surface area contributed by atoms with E-state index in [1.54, 1.807) is 14.0 Å². The Bertz CT molecular complexity index is 81.7. The van der Waals surface area contributed by atoms with Crippen LogP contribution in [0.4, 0.5) is 0 Å². The highest BCUT2D eigenvalue weighted by atomic mass is 32.1. The lowest BCUT2D eigenvalue weighted by Crippen LogP contribution is -2.33. The molecule has 10 heavy (non-hydrogen) atoms. The van der Waals surface area contributed by atoms with Gasteiger partial charge in [0, 0.05) is 5.75 Å². The van der Waals surface area contributed by atoms with Gasteiger partial charge in [-0.1, -0.05) is 13.8 Å². The third-order valence-electron chi connectivity index (χ3n) is 1.02. The van der Waals surface area contributed by atoms with Crippen LogP contribution in [0.2, 0.25) is 0 Å². The lowest BCUT2D eigenvalue weighted by atomic mass is 10.2. The smallest absolute Gasteiger partial charge is 0.147 e. The third kappa shape index (κ3) is 6.11. The molecule has 0 saturated heterocycles. The van der Waals surface area contributed by atoms with Crippen molar-refractivity contribution in [1.29, 1.82) is 0 Å². The topological polar surface area (TPSA) is 29.1 Å². The van der Waals surface area contributed by atoms with Gasteiger partial charge in [-0.15, -0.1) is 0 Å². The molecular weight excluding hydrogens is 146 g/mol. The highest BCUT2D eigenvalue weighted by Gasteiger charge is 2.06. The van der Waals surface area contributed by atoms with Crippen LogP contribution in [0, 0.1) is 0 Å². The van der Waals surface area contributed by atoms with E-state index < -0.39 is 0 Å². The van der Waals surface area contributed by atoms with E-state index in [0.29, 0.717) is 5.75 Å². The molecule has 0 aromatic heterocycles. The summed E-state index contributed by atoms with van der Waals surface area (Å²) in [5.74, 6) is 0.716. The second-order valence-corrected chi connectivity index (χ2v) is 2.00. The van der Waals surface area contributed by atoms with E-state index in [2.05, 4.69) is 17.9 Å². The highest BCUT2D eigenvalue weighted by molar-refractivity contribution is 7.80. The number of Topliss-reactive ketones (excluding diaryl/α,β-unsaturated/α-hetero) is 1. The molecule has 0 spiro atoms. The normalized spacial score (nSPS) is 11.3. The minimum absolute atomic E-state index is 0.0710. The van der Waals surface area contributed by atoms with Crippen LogP contribution < -0.4 is 5.32 Å². The van der Waals surface area contributed by atoms with Crippen molar-refractivity contribution >= 4 is 18.4 Å². The lowest BCUT2D eigenvalue weighted by molar-refractivity contribution is -0.118. The average Bonchev–Trinajstić information content (AvgIpc) is 1.94. The van der Waals surface area contributed by atoms with Crippen LogP contribution >= 0.6 is 12.6 Å². The van der Waals surface area contributed by atoms with Gasteiger partial charge in [-0.25, -0.2) is 0 Å². The molecule has 2 nitrogen and oxygen atoms in total. The van der Waals surface area contributed by atoms with E-state index in [1.807, 2.05) is 13.8 Å². The van der Waals surface area contributed by atoms with Gasteiger partial charge in [-0.3, -0.25) is 4.79 Å². The fraction of sp³-hybridized carbons (Fsp3) is 0.857. The Hall–Kier alpha value is -0.0200. The van der Waals surface area contributed by atoms with Crippen molar-refractivity contribution in [2.75, 3.05) is 12.8 Å². The molecule has 0 bridgehead atoms. The molecule has 0 aromatic carbocycles. The van der Waals surface area contributed by atoms with Crippen molar-refractivity contribution in [2.45, 2.75) is 26.8 Å². The van der Waals surface area contributed by atoms with Gasteiger partial charge >= 0.3 is 0 Å². The van der Waals surface area contributed by atoms with Gasteiger partial charge in [-0.05, 0) is 14.0 Å². The van der Waals surface area contributed by atoms with Crippen molar-refractivity contribution in [3.05, 3.63) is 0 Å². The second kappa shape index (κ2) is 8.98. The monoisotopic (exact) mass is 163 g/mol. The van der Waals surface area contributed by atoms with Crippen molar-refractivity contribution < 1.29 is 4.79 Å². The zero-order valence-corrected chi connectivity index (χ0v) is 8.03. The fourth-order valence-corrected chi connectivity index (χ4v) is 0.863. The molecule has 0 aliphatic heterocycles.